The number of nitrogens with zero attached hydrogens (tertiary/aromatic N) is 5. The van der Waals surface area contributed by atoms with Crippen LogP contribution in [0.4, 0.5) is 14.7 Å². The molecule has 1 aromatic carbocycles. The van der Waals surface area contributed by atoms with Crippen LogP contribution in [0.3, 0.4) is 0 Å². The van der Waals surface area contributed by atoms with E-state index in [0.29, 0.717) is 12.4 Å². The Labute approximate surface area is 159 Å². The van der Waals surface area contributed by atoms with Crippen molar-refractivity contribution in [3.63, 3.8) is 0 Å². The lowest BCUT2D eigenvalue weighted by molar-refractivity contribution is -0.136. The highest BCUT2D eigenvalue weighted by molar-refractivity contribution is 5.92. The van der Waals surface area contributed by atoms with Crippen LogP contribution in [0.25, 0.3) is 16.6 Å². The fourth-order valence-corrected chi connectivity index (χ4v) is 4.04. The van der Waals surface area contributed by atoms with Gasteiger partial charge in [-0.05, 0) is 38.7 Å². The highest BCUT2D eigenvalue weighted by Gasteiger charge is 2.39. The molecular formula is C19H20F2N6O. The zero-order valence-electron chi connectivity index (χ0n) is 15.4. The van der Waals surface area contributed by atoms with E-state index in [1.165, 1.54) is 10.6 Å². The third-order valence-electron chi connectivity index (χ3n) is 5.79. The Hall–Kier alpha value is -2.84. The molecule has 1 aliphatic heterocycles. The van der Waals surface area contributed by atoms with Crippen LogP contribution in [0.2, 0.25) is 0 Å². The number of hydrogen-bond donors (Lipinski definition) is 1. The number of aromatic nitrogens is 4. The zero-order valence-corrected chi connectivity index (χ0v) is 15.4. The number of amides is 1. The Kier molecular flexibility index (Phi) is 3.75. The summed E-state index contributed by atoms with van der Waals surface area (Å²) in [5.74, 6) is -0.682. The molecule has 3 aromatic rings. The van der Waals surface area contributed by atoms with Crippen LogP contribution in [-0.2, 0) is 4.79 Å². The molecule has 0 unspecified atom stereocenters. The number of nitrogen functional groups attached to an aromatic ring is 1. The van der Waals surface area contributed by atoms with E-state index < -0.39 is 11.6 Å². The van der Waals surface area contributed by atoms with Gasteiger partial charge in [-0.1, -0.05) is 0 Å². The number of anilines is 1. The Bertz CT molecular complexity index is 1110. The van der Waals surface area contributed by atoms with Crippen LogP contribution in [-0.4, -0.2) is 43.0 Å². The van der Waals surface area contributed by atoms with Gasteiger partial charge >= 0.3 is 0 Å². The first kappa shape index (κ1) is 17.3. The predicted molar refractivity (Wildman–Crippen MR) is 98.5 cm³/mol. The average molecular weight is 386 g/mol. The molecule has 1 saturated heterocycles. The van der Waals surface area contributed by atoms with E-state index in [1.54, 1.807) is 0 Å². The lowest BCUT2D eigenvalue weighted by Gasteiger charge is -2.37. The molecule has 2 N–H and O–H groups in total. The van der Waals surface area contributed by atoms with Crippen molar-refractivity contribution in [2.75, 3.05) is 12.3 Å². The number of fused-ring (bicyclic) bond motifs is 3. The van der Waals surface area contributed by atoms with Crippen LogP contribution in [0, 0.1) is 17.6 Å². The standard InChI is InChI=1S/C19H20F2N6O/c1-9-2-3-11(8-26(9)18(28)10-4-5-10)16-24-17-13-6-12(20)7-14(21)15(13)23-19(22)27(17)25-16/h6-7,9-11H,2-5,8H2,1H3,(H2,22,23)/t9-,11+/m0/s1. The minimum Gasteiger partial charge on any atom is -0.368 e. The van der Waals surface area contributed by atoms with Crippen LogP contribution in [0.1, 0.15) is 44.3 Å². The second-order valence-corrected chi connectivity index (χ2v) is 7.85. The first-order chi connectivity index (χ1) is 13.4. The summed E-state index contributed by atoms with van der Waals surface area (Å²) >= 11 is 0. The number of nitrogens with two attached hydrogens (primary N) is 1. The van der Waals surface area contributed by atoms with Gasteiger partial charge < -0.3 is 10.6 Å². The maximum atomic E-state index is 14.1. The molecule has 0 bridgehead atoms. The summed E-state index contributed by atoms with van der Waals surface area (Å²) in [7, 11) is 0. The van der Waals surface area contributed by atoms with Crippen molar-refractivity contribution in [1.82, 2.24) is 24.5 Å². The molecule has 1 saturated carbocycles. The van der Waals surface area contributed by atoms with Crippen LogP contribution >= 0.6 is 0 Å². The second kappa shape index (κ2) is 6.08. The van der Waals surface area contributed by atoms with Crippen molar-refractivity contribution in [2.24, 2.45) is 5.92 Å². The third kappa shape index (κ3) is 2.68. The number of hydrogen-bond acceptors (Lipinski definition) is 5. The lowest BCUT2D eigenvalue weighted by Crippen LogP contribution is -2.45. The van der Waals surface area contributed by atoms with E-state index >= 15 is 0 Å². The number of likely N-dealkylation sites (tertiary alicyclic amines) is 1. The van der Waals surface area contributed by atoms with Gasteiger partial charge in [0.15, 0.2) is 17.3 Å². The number of benzene rings is 1. The number of carbonyl (C=O) groups is 1. The molecule has 28 heavy (non-hydrogen) atoms. The number of halogens is 2. The normalized spacial score (nSPS) is 22.9. The quantitative estimate of drug-likeness (QED) is 0.731. The summed E-state index contributed by atoms with van der Waals surface area (Å²) in [4.78, 5) is 23.1. The Balaban J connectivity index is 1.57. The topological polar surface area (TPSA) is 89.4 Å². The Morgan fingerprint density at radius 3 is 2.71 bits per heavy atom. The van der Waals surface area contributed by atoms with E-state index in [0.717, 1.165) is 31.7 Å². The van der Waals surface area contributed by atoms with Gasteiger partial charge in [0.05, 0.1) is 5.39 Å². The summed E-state index contributed by atoms with van der Waals surface area (Å²) in [5.41, 5.74) is 6.18. The van der Waals surface area contributed by atoms with E-state index in [2.05, 4.69) is 22.0 Å². The van der Waals surface area contributed by atoms with Crippen molar-refractivity contribution in [1.29, 1.82) is 0 Å². The molecule has 5 rings (SSSR count). The maximum Gasteiger partial charge on any atom is 0.225 e. The molecule has 146 valence electrons. The molecule has 2 aromatic heterocycles. The van der Waals surface area contributed by atoms with Gasteiger partial charge in [-0.15, -0.1) is 5.10 Å². The van der Waals surface area contributed by atoms with Crippen molar-refractivity contribution in [2.45, 2.75) is 44.6 Å². The maximum absolute atomic E-state index is 14.1. The van der Waals surface area contributed by atoms with Crippen molar-refractivity contribution in [3.8, 4) is 0 Å². The van der Waals surface area contributed by atoms with Gasteiger partial charge in [0.25, 0.3) is 0 Å². The van der Waals surface area contributed by atoms with Gasteiger partial charge in [-0.2, -0.15) is 4.52 Å². The molecule has 2 fully saturated rings. The second-order valence-electron chi connectivity index (χ2n) is 7.85. The van der Waals surface area contributed by atoms with E-state index in [-0.39, 0.29) is 46.3 Å². The molecule has 1 amide bonds. The monoisotopic (exact) mass is 386 g/mol. The molecule has 7 nitrogen and oxygen atoms in total. The van der Waals surface area contributed by atoms with Crippen LogP contribution in [0.5, 0.6) is 0 Å². The molecule has 9 heteroatoms. The highest BCUT2D eigenvalue weighted by Crippen LogP contribution is 2.36. The summed E-state index contributed by atoms with van der Waals surface area (Å²) < 4.78 is 29.2. The van der Waals surface area contributed by atoms with Gasteiger partial charge in [0, 0.05) is 30.5 Å². The molecule has 0 spiro atoms. The van der Waals surface area contributed by atoms with E-state index in [4.69, 9.17) is 5.73 Å². The number of piperidine rings is 1. The molecule has 2 atom stereocenters. The third-order valence-corrected chi connectivity index (χ3v) is 5.79. The average Bonchev–Trinajstić information content (AvgIpc) is 3.41. The van der Waals surface area contributed by atoms with Gasteiger partial charge in [-0.3, -0.25) is 4.79 Å². The molecule has 3 heterocycles. The lowest BCUT2D eigenvalue weighted by atomic mass is 9.92. The zero-order chi connectivity index (χ0) is 19.6. The largest absolute Gasteiger partial charge is 0.368 e. The molecule has 0 radical (unpaired) electrons. The van der Waals surface area contributed by atoms with Gasteiger partial charge in [-0.25, -0.2) is 18.7 Å². The van der Waals surface area contributed by atoms with Gasteiger partial charge in [0.1, 0.15) is 11.3 Å². The minimum atomic E-state index is -0.790. The predicted octanol–water partition coefficient (Wildman–Crippen LogP) is 2.64. The van der Waals surface area contributed by atoms with Crippen LogP contribution < -0.4 is 5.73 Å². The first-order valence-corrected chi connectivity index (χ1v) is 9.53. The fourth-order valence-electron chi connectivity index (χ4n) is 4.04. The SMILES string of the molecule is C[C@H]1CC[C@@H](c2nc3c4cc(F)cc(F)c4nc(N)n3n2)CN1C(=O)C1CC1. The Morgan fingerprint density at radius 1 is 1.18 bits per heavy atom. The smallest absolute Gasteiger partial charge is 0.225 e. The van der Waals surface area contributed by atoms with Crippen molar-refractivity contribution >= 4 is 28.4 Å². The van der Waals surface area contributed by atoms with E-state index in [9.17, 15) is 13.6 Å². The first-order valence-electron chi connectivity index (χ1n) is 9.53. The summed E-state index contributed by atoms with van der Waals surface area (Å²) in [6, 6.07) is 2.15. The Morgan fingerprint density at radius 2 is 1.96 bits per heavy atom. The summed E-state index contributed by atoms with van der Waals surface area (Å²) in [5, 5.41) is 4.68. The fraction of sp³-hybridized carbons (Fsp3) is 0.474. The molecular weight excluding hydrogens is 366 g/mol. The minimum absolute atomic E-state index is 0.0122. The highest BCUT2D eigenvalue weighted by atomic mass is 19.1. The van der Waals surface area contributed by atoms with E-state index in [1.807, 2.05) is 4.90 Å². The van der Waals surface area contributed by atoms with Crippen molar-refractivity contribution < 1.29 is 13.6 Å². The molecule has 1 aliphatic carbocycles. The van der Waals surface area contributed by atoms with Gasteiger partial charge in [0.2, 0.25) is 11.9 Å². The number of carbonyl (C=O) groups excluding carboxylic acids is 1. The summed E-state index contributed by atoms with van der Waals surface area (Å²) in [6.07, 6.45) is 3.62. The number of rotatable bonds is 2. The summed E-state index contributed by atoms with van der Waals surface area (Å²) in [6.45, 7) is 2.61. The van der Waals surface area contributed by atoms with Crippen molar-refractivity contribution in [3.05, 3.63) is 29.6 Å². The molecule has 2 aliphatic rings. The van der Waals surface area contributed by atoms with Crippen LogP contribution in [0.15, 0.2) is 12.1 Å².